The summed E-state index contributed by atoms with van der Waals surface area (Å²) in [5, 5.41) is 25.4. The first-order valence-electron chi connectivity index (χ1n) is 7.08. The van der Waals surface area contributed by atoms with Crippen molar-refractivity contribution in [3.63, 3.8) is 0 Å². The highest BCUT2D eigenvalue weighted by Gasteiger charge is 2.27. The van der Waals surface area contributed by atoms with Crippen molar-refractivity contribution in [1.82, 2.24) is 9.55 Å². The maximum atomic E-state index is 11.7. The van der Waals surface area contributed by atoms with Crippen LogP contribution in [0.1, 0.15) is 30.7 Å². The standard InChI is InChI=1S/C11H14N2O6.C2H6O.CH4O/c14-4-6-1-2-9(19-6)13-3-7(8(16)5-15)10(17)12-11(13)18;1-3-2;1-2/h3,5-6,8-9,14,16H,1-2,4H2,(H,12,17,18);1-2H3;2H,1H3. The van der Waals surface area contributed by atoms with Gasteiger partial charge in [0.25, 0.3) is 5.56 Å². The Balaban J connectivity index is 0.000000952. The van der Waals surface area contributed by atoms with E-state index in [1.807, 2.05) is 4.98 Å². The Labute approximate surface area is 138 Å². The van der Waals surface area contributed by atoms with Gasteiger partial charge in [-0.3, -0.25) is 14.3 Å². The summed E-state index contributed by atoms with van der Waals surface area (Å²) in [5.41, 5.74) is -1.71. The molecule has 0 amide bonds. The minimum absolute atomic E-state index is 0.154. The molecule has 2 heterocycles. The molecule has 0 radical (unpaired) electrons. The first kappa shape index (κ1) is 22.1. The number of carbonyl (C=O) groups is 1. The van der Waals surface area contributed by atoms with E-state index in [2.05, 4.69) is 4.74 Å². The van der Waals surface area contributed by atoms with Crippen LogP contribution in [-0.2, 0) is 14.3 Å². The average Bonchev–Trinajstić information content (AvgIpc) is 3.05. The van der Waals surface area contributed by atoms with Gasteiger partial charge < -0.3 is 29.6 Å². The van der Waals surface area contributed by atoms with E-state index in [-0.39, 0.29) is 24.6 Å². The summed E-state index contributed by atoms with van der Waals surface area (Å²) < 4.78 is 10.8. The van der Waals surface area contributed by atoms with Crippen molar-refractivity contribution >= 4 is 6.29 Å². The zero-order valence-corrected chi connectivity index (χ0v) is 13.8. The fraction of sp³-hybridized carbons (Fsp3) is 0.643. The Morgan fingerprint density at radius 3 is 2.46 bits per heavy atom. The molecule has 3 unspecified atom stereocenters. The number of rotatable bonds is 4. The molecule has 1 fully saturated rings. The van der Waals surface area contributed by atoms with Gasteiger partial charge >= 0.3 is 5.69 Å². The third-order valence-electron chi connectivity index (χ3n) is 3.04. The average molecular weight is 348 g/mol. The number of aliphatic hydroxyl groups is 3. The van der Waals surface area contributed by atoms with E-state index in [4.69, 9.17) is 14.9 Å². The predicted molar refractivity (Wildman–Crippen MR) is 83.7 cm³/mol. The number of aldehydes is 1. The molecule has 4 N–H and O–H groups in total. The van der Waals surface area contributed by atoms with Crippen LogP contribution in [0.15, 0.2) is 15.8 Å². The number of nitrogens with one attached hydrogen (secondary N) is 1. The van der Waals surface area contributed by atoms with Crippen molar-refractivity contribution in [2.24, 2.45) is 0 Å². The lowest BCUT2D eigenvalue weighted by atomic mass is 10.2. The van der Waals surface area contributed by atoms with Gasteiger partial charge in [-0.25, -0.2) is 4.79 Å². The van der Waals surface area contributed by atoms with Crippen molar-refractivity contribution in [2.75, 3.05) is 27.9 Å². The lowest BCUT2D eigenvalue weighted by molar-refractivity contribution is -0.115. The van der Waals surface area contributed by atoms with Crippen LogP contribution in [0.2, 0.25) is 0 Å². The molecule has 10 heteroatoms. The summed E-state index contributed by atoms with van der Waals surface area (Å²) in [7, 11) is 4.25. The third-order valence-corrected chi connectivity index (χ3v) is 3.04. The zero-order valence-electron chi connectivity index (χ0n) is 13.8. The van der Waals surface area contributed by atoms with Crippen molar-refractivity contribution < 1.29 is 29.6 Å². The number of aromatic nitrogens is 2. The number of aliphatic hydroxyl groups excluding tert-OH is 3. The fourth-order valence-corrected chi connectivity index (χ4v) is 2.02. The van der Waals surface area contributed by atoms with Gasteiger partial charge in [0.1, 0.15) is 12.3 Å². The second kappa shape index (κ2) is 11.6. The Morgan fingerprint density at radius 1 is 1.42 bits per heavy atom. The number of aromatic amines is 1. The molecule has 1 aliphatic rings. The minimum atomic E-state index is -1.59. The highest BCUT2D eigenvalue weighted by Crippen LogP contribution is 2.26. The van der Waals surface area contributed by atoms with Gasteiger partial charge in [0, 0.05) is 27.5 Å². The van der Waals surface area contributed by atoms with Crippen LogP contribution in [-0.4, -0.2) is 65.2 Å². The lowest BCUT2D eigenvalue weighted by Gasteiger charge is -2.16. The molecule has 0 bridgehead atoms. The molecule has 1 aromatic rings. The van der Waals surface area contributed by atoms with Crippen LogP contribution in [0, 0.1) is 0 Å². The van der Waals surface area contributed by atoms with Crippen LogP contribution >= 0.6 is 0 Å². The van der Waals surface area contributed by atoms with Gasteiger partial charge in [0.15, 0.2) is 6.29 Å². The van der Waals surface area contributed by atoms with Crippen molar-refractivity contribution in [1.29, 1.82) is 0 Å². The largest absolute Gasteiger partial charge is 0.400 e. The monoisotopic (exact) mass is 348 g/mol. The predicted octanol–water partition coefficient (Wildman–Crippen LogP) is -1.69. The number of hydrogen-bond acceptors (Lipinski definition) is 8. The number of carbonyl (C=O) groups excluding carboxylic acids is 1. The Morgan fingerprint density at radius 2 is 2.00 bits per heavy atom. The molecule has 0 spiro atoms. The van der Waals surface area contributed by atoms with Gasteiger partial charge in [0.05, 0.1) is 18.3 Å². The van der Waals surface area contributed by atoms with Gasteiger partial charge in [-0.1, -0.05) is 0 Å². The number of H-pyrrole nitrogens is 1. The van der Waals surface area contributed by atoms with Crippen LogP contribution in [0.25, 0.3) is 0 Å². The maximum Gasteiger partial charge on any atom is 0.330 e. The Kier molecular flexibility index (Phi) is 10.8. The first-order chi connectivity index (χ1) is 11.5. The summed E-state index contributed by atoms with van der Waals surface area (Å²) in [6.45, 7) is -0.154. The maximum absolute atomic E-state index is 11.7. The lowest BCUT2D eigenvalue weighted by Crippen LogP contribution is -2.35. The molecule has 24 heavy (non-hydrogen) atoms. The van der Waals surface area contributed by atoms with Crippen molar-refractivity contribution in [2.45, 2.75) is 31.3 Å². The second-order valence-electron chi connectivity index (χ2n) is 4.71. The SMILES string of the molecule is CO.COC.O=CC(O)c1cn(C2CCC(CO)O2)c(=O)[nH]c1=O. The molecule has 0 aliphatic carbocycles. The molecule has 1 aromatic heterocycles. The summed E-state index contributed by atoms with van der Waals surface area (Å²) >= 11 is 0. The number of ether oxygens (including phenoxy) is 2. The van der Waals surface area contributed by atoms with E-state index < -0.39 is 23.6 Å². The molecule has 1 aliphatic heterocycles. The van der Waals surface area contributed by atoms with Gasteiger partial charge in [-0.2, -0.15) is 0 Å². The first-order valence-corrected chi connectivity index (χ1v) is 7.08. The van der Waals surface area contributed by atoms with Crippen LogP contribution in [0.3, 0.4) is 0 Å². The Hall–Kier alpha value is -1.85. The number of nitrogens with zero attached hydrogens (tertiary/aromatic N) is 1. The molecule has 10 nitrogen and oxygen atoms in total. The second-order valence-corrected chi connectivity index (χ2v) is 4.71. The molecule has 138 valence electrons. The molecular weight excluding hydrogens is 324 g/mol. The molecule has 3 atom stereocenters. The minimum Gasteiger partial charge on any atom is -0.400 e. The zero-order chi connectivity index (χ0) is 18.7. The van der Waals surface area contributed by atoms with E-state index >= 15 is 0 Å². The van der Waals surface area contributed by atoms with Crippen LogP contribution < -0.4 is 11.2 Å². The summed E-state index contributed by atoms with van der Waals surface area (Å²) in [5.74, 6) is 0. The normalized spacial score (nSPS) is 20.2. The molecule has 0 saturated carbocycles. The van der Waals surface area contributed by atoms with Crippen LogP contribution in [0.4, 0.5) is 0 Å². The van der Waals surface area contributed by atoms with Gasteiger partial charge in [-0.15, -0.1) is 0 Å². The fourth-order valence-electron chi connectivity index (χ4n) is 2.02. The van der Waals surface area contributed by atoms with E-state index in [1.54, 1.807) is 14.2 Å². The van der Waals surface area contributed by atoms with Crippen molar-refractivity contribution in [3.05, 3.63) is 32.6 Å². The number of hydrogen-bond donors (Lipinski definition) is 4. The summed E-state index contributed by atoms with van der Waals surface area (Å²) in [4.78, 5) is 35.7. The summed E-state index contributed by atoms with van der Waals surface area (Å²) in [6.07, 6.45) is -0.185. The smallest absolute Gasteiger partial charge is 0.330 e. The Bertz CT molecular complexity index is 597. The van der Waals surface area contributed by atoms with E-state index in [1.165, 1.54) is 0 Å². The molecule has 1 saturated heterocycles. The molecular formula is C14H24N2O8. The van der Waals surface area contributed by atoms with Gasteiger partial charge in [0.2, 0.25) is 0 Å². The quantitative estimate of drug-likeness (QED) is 0.471. The van der Waals surface area contributed by atoms with E-state index in [0.717, 1.165) is 17.9 Å². The van der Waals surface area contributed by atoms with Crippen LogP contribution in [0.5, 0.6) is 0 Å². The summed E-state index contributed by atoms with van der Waals surface area (Å²) in [6, 6.07) is 0. The van der Waals surface area contributed by atoms with Gasteiger partial charge in [-0.05, 0) is 12.8 Å². The molecule has 2 rings (SSSR count). The topological polar surface area (TPSA) is 151 Å². The number of methoxy groups -OCH3 is 1. The van der Waals surface area contributed by atoms with E-state index in [0.29, 0.717) is 12.8 Å². The van der Waals surface area contributed by atoms with E-state index in [9.17, 15) is 19.5 Å². The molecule has 0 aromatic carbocycles. The highest BCUT2D eigenvalue weighted by molar-refractivity contribution is 5.58. The highest BCUT2D eigenvalue weighted by atomic mass is 16.5. The third kappa shape index (κ3) is 5.98. The van der Waals surface area contributed by atoms with Crippen molar-refractivity contribution in [3.8, 4) is 0 Å².